The predicted molar refractivity (Wildman–Crippen MR) is 124 cm³/mol. The van der Waals surface area contributed by atoms with Crippen molar-refractivity contribution in [3.05, 3.63) is 90.0 Å². The highest BCUT2D eigenvalue weighted by atomic mass is 19.1. The van der Waals surface area contributed by atoms with Gasteiger partial charge in [0.1, 0.15) is 5.82 Å². The molecule has 3 heterocycles. The van der Waals surface area contributed by atoms with Crippen LogP contribution in [0.5, 0.6) is 0 Å². The molecule has 1 saturated heterocycles. The molecule has 2 aliphatic heterocycles. The minimum absolute atomic E-state index is 0.00638. The lowest BCUT2D eigenvalue weighted by Crippen LogP contribution is -2.61. The molecular weight excluding hydrogens is 403 g/mol. The van der Waals surface area contributed by atoms with E-state index in [1.165, 1.54) is 17.3 Å². The lowest BCUT2D eigenvalue weighted by atomic mass is 9.83. The molecule has 3 aromatic rings. The molecule has 1 N–H and O–H groups in total. The van der Waals surface area contributed by atoms with Crippen LogP contribution >= 0.6 is 0 Å². The zero-order valence-corrected chi connectivity index (χ0v) is 18.0. The van der Waals surface area contributed by atoms with Gasteiger partial charge in [0.05, 0.1) is 17.6 Å². The van der Waals surface area contributed by atoms with Gasteiger partial charge in [-0.1, -0.05) is 36.4 Å². The molecule has 1 fully saturated rings. The number of anilines is 2. The van der Waals surface area contributed by atoms with Gasteiger partial charge in [-0.05, 0) is 42.3 Å². The number of aromatic nitrogens is 1. The van der Waals surface area contributed by atoms with E-state index in [0.717, 1.165) is 18.8 Å². The molecule has 6 heteroatoms. The number of pyridine rings is 1. The summed E-state index contributed by atoms with van der Waals surface area (Å²) in [6, 6.07) is 21.0. The molecule has 0 spiro atoms. The lowest BCUT2D eigenvalue weighted by molar-refractivity contribution is -0.125. The molecule has 2 aliphatic rings. The van der Waals surface area contributed by atoms with Crippen molar-refractivity contribution in [1.82, 2.24) is 10.3 Å². The highest BCUT2D eigenvalue weighted by Crippen LogP contribution is 2.37. The number of hydrogen-bond acceptors (Lipinski definition) is 4. The minimum Gasteiger partial charge on any atom is -0.365 e. The molecule has 0 unspecified atom stereocenters. The molecule has 164 valence electrons. The summed E-state index contributed by atoms with van der Waals surface area (Å²) in [6.07, 6.45) is 3.16. The van der Waals surface area contributed by atoms with Crippen molar-refractivity contribution in [2.75, 3.05) is 36.0 Å². The standard InChI is InChI=1S/C26H27FN4O/c27-22-9-2-4-11-24(22)30-15-16-31-23-10-3-1-7-19(23)17-21(25(31)18-30)26(32)29-14-12-20-8-5-6-13-28-20/h1-11,13,21,25H,12,14-18H2,(H,29,32)/t21-,25+/m1/s1. The molecule has 5 rings (SSSR count). The van der Waals surface area contributed by atoms with Gasteiger partial charge >= 0.3 is 0 Å². The number of nitrogens with zero attached hydrogens (tertiary/aromatic N) is 3. The van der Waals surface area contributed by atoms with E-state index in [1.54, 1.807) is 12.3 Å². The number of carbonyl (C=O) groups excluding carboxylic acids is 1. The molecule has 0 bridgehead atoms. The zero-order valence-electron chi connectivity index (χ0n) is 18.0. The molecular formula is C26H27FN4O. The van der Waals surface area contributed by atoms with Crippen molar-refractivity contribution in [2.24, 2.45) is 5.92 Å². The van der Waals surface area contributed by atoms with Crippen LogP contribution in [0.3, 0.4) is 0 Å². The highest BCUT2D eigenvalue weighted by Gasteiger charge is 2.41. The first-order valence-corrected chi connectivity index (χ1v) is 11.2. The van der Waals surface area contributed by atoms with Crippen LogP contribution in [0.1, 0.15) is 11.3 Å². The van der Waals surface area contributed by atoms with Crippen molar-refractivity contribution in [2.45, 2.75) is 18.9 Å². The zero-order chi connectivity index (χ0) is 21.9. The maximum absolute atomic E-state index is 14.5. The number of amides is 1. The Balaban J connectivity index is 1.35. The molecule has 0 radical (unpaired) electrons. The summed E-state index contributed by atoms with van der Waals surface area (Å²) in [6.45, 7) is 2.65. The number of carbonyl (C=O) groups is 1. The number of benzene rings is 2. The van der Waals surface area contributed by atoms with Crippen molar-refractivity contribution in [1.29, 1.82) is 0 Å². The molecule has 1 amide bonds. The Hall–Kier alpha value is -3.41. The summed E-state index contributed by atoms with van der Waals surface area (Å²) in [4.78, 5) is 22.1. The van der Waals surface area contributed by atoms with Gasteiger partial charge < -0.3 is 15.1 Å². The van der Waals surface area contributed by atoms with E-state index in [0.29, 0.717) is 31.6 Å². The van der Waals surface area contributed by atoms with E-state index in [9.17, 15) is 9.18 Å². The van der Waals surface area contributed by atoms with Crippen LogP contribution in [0.4, 0.5) is 15.8 Å². The summed E-state index contributed by atoms with van der Waals surface area (Å²) >= 11 is 0. The Morgan fingerprint density at radius 1 is 1.00 bits per heavy atom. The fourth-order valence-corrected chi connectivity index (χ4v) is 4.98. The van der Waals surface area contributed by atoms with Gasteiger partial charge in [0.15, 0.2) is 0 Å². The molecule has 0 saturated carbocycles. The first-order chi connectivity index (χ1) is 15.7. The summed E-state index contributed by atoms with van der Waals surface area (Å²) in [5.74, 6) is -0.349. The van der Waals surface area contributed by atoms with Crippen molar-refractivity contribution in [3.63, 3.8) is 0 Å². The molecule has 0 aliphatic carbocycles. The fraction of sp³-hybridized carbons (Fsp3) is 0.308. The van der Waals surface area contributed by atoms with Gasteiger partial charge in [0.25, 0.3) is 0 Å². The third kappa shape index (κ3) is 4.05. The molecule has 32 heavy (non-hydrogen) atoms. The Morgan fingerprint density at radius 2 is 1.78 bits per heavy atom. The van der Waals surface area contributed by atoms with Crippen LogP contribution in [0.2, 0.25) is 0 Å². The van der Waals surface area contributed by atoms with Crippen molar-refractivity contribution in [3.8, 4) is 0 Å². The van der Waals surface area contributed by atoms with Gasteiger partial charge in [0.2, 0.25) is 5.91 Å². The Labute approximate surface area is 187 Å². The smallest absolute Gasteiger partial charge is 0.225 e. The van der Waals surface area contributed by atoms with Gasteiger partial charge in [-0.25, -0.2) is 4.39 Å². The van der Waals surface area contributed by atoms with E-state index in [2.05, 4.69) is 32.2 Å². The van der Waals surface area contributed by atoms with Gasteiger partial charge in [-0.2, -0.15) is 0 Å². The molecule has 5 nitrogen and oxygen atoms in total. The third-order valence-electron chi connectivity index (χ3n) is 6.56. The summed E-state index contributed by atoms with van der Waals surface area (Å²) in [5, 5.41) is 3.13. The summed E-state index contributed by atoms with van der Waals surface area (Å²) in [5.41, 5.74) is 3.98. The summed E-state index contributed by atoms with van der Waals surface area (Å²) < 4.78 is 14.5. The maximum atomic E-state index is 14.5. The second-order valence-electron chi connectivity index (χ2n) is 8.46. The average molecular weight is 431 g/mol. The second-order valence-corrected chi connectivity index (χ2v) is 8.46. The minimum atomic E-state index is -0.214. The van der Waals surface area contributed by atoms with Crippen LogP contribution in [-0.4, -0.2) is 43.1 Å². The van der Waals surface area contributed by atoms with E-state index >= 15 is 0 Å². The first kappa shape index (κ1) is 20.5. The molecule has 1 aromatic heterocycles. The monoisotopic (exact) mass is 430 g/mol. The van der Waals surface area contributed by atoms with Crippen molar-refractivity contribution >= 4 is 17.3 Å². The molecule has 2 aromatic carbocycles. The fourth-order valence-electron chi connectivity index (χ4n) is 4.98. The topological polar surface area (TPSA) is 48.5 Å². The quantitative estimate of drug-likeness (QED) is 0.674. The van der Waals surface area contributed by atoms with Gasteiger partial charge in [-0.15, -0.1) is 0 Å². The van der Waals surface area contributed by atoms with Crippen LogP contribution in [0.15, 0.2) is 72.9 Å². The van der Waals surface area contributed by atoms with Crippen LogP contribution < -0.4 is 15.1 Å². The average Bonchev–Trinajstić information content (AvgIpc) is 2.84. The van der Waals surface area contributed by atoms with Crippen LogP contribution in [-0.2, 0) is 17.6 Å². The number of nitrogens with one attached hydrogen (secondary N) is 1. The van der Waals surface area contributed by atoms with E-state index in [4.69, 9.17) is 0 Å². The van der Waals surface area contributed by atoms with Gasteiger partial charge in [-0.3, -0.25) is 9.78 Å². The van der Waals surface area contributed by atoms with Crippen LogP contribution in [0, 0.1) is 11.7 Å². The molecule has 2 atom stereocenters. The van der Waals surface area contributed by atoms with Gasteiger partial charge in [0, 0.05) is 50.2 Å². The Bertz CT molecular complexity index is 1090. The number of fused-ring (bicyclic) bond motifs is 3. The SMILES string of the molecule is O=C(NCCc1ccccn1)[C@@H]1Cc2ccccc2N2CCN(c3ccccc3F)C[C@@H]12. The van der Waals surface area contributed by atoms with E-state index < -0.39 is 0 Å². The lowest BCUT2D eigenvalue weighted by Gasteiger charge is -2.49. The second kappa shape index (κ2) is 8.99. The largest absolute Gasteiger partial charge is 0.365 e. The summed E-state index contributed by atoms with van der Waals surface area (Å²) in [7, 11) is 0. The van der Waals surface area contributed by atoms with E-state index in [-0.39, 0.29) is 23.7 Å². The van der Waals surface area contributed by atoms with Crippen LogP contribution in [0.25, 0.3) is 0 Å². The Morgan fingerprint density at radius 3 is 2.59 bits per heavy atom. The number of hydrogen-bond donors (Lipinski definition) is 1. The predicted octanol–water partition coefficient (Wildman–Crippen LogP) is 3.45. The van der Waals surface area contributed by atoms with E-state index in [1.807, 2.05) is 42.5 Å². The third-order valence-corrected chi connectivity index (χ3v) is 6.56. The number of para-hydroxylation sites is 2. The number of halogens is 1. The maximum Gasteiger partial charge on any atom is 0.225 e. The first-order valence-electron chi connectivity index (χ1n) is 11.2. The number of rotatable bonds is 5. The Kier molecular flexibility index (Phi) is 5.75. The normalized spacial score (nSPS) is 19.8. The highest BCUT2D eigenvalue weighted by molar-refractivity contribution is 5.82. The van der Waals surface area contributed by atoms with Crippen molar-refractivity contribution < 1.29 is 9.18 Å². The number of piperazine rings is 1.